The van der Waals surface area contributed by atoms with Crippen molar-refractivity contribution in [2.45, 2.75) is 64.5 Å². The van der Waals surface area contributed by atoms with Crippen LogP contribution in [-0.4, -0.2) is 53.5 Å². The molecule has 1 saturated heterocycles. The molecule has 3 aromatic carbocycles. The Morgan fingerprint density at radius 3 is 2.48 bits per heavy atom. The molecule has 0 spiro atoms. The number of rotatable bonds is 11. The Morgan fingerprint density at radius 2 is 1.70 bits per heavy atom. The number of carbonyl (C=O) groups excluding carboxylic acids is 3. The second-order valence-corrected chi connectivity index (χ2v) is 12.0. The number of H-pyrrole nitrogens is 1. The fourth-order valence-corrected chi connectivity index (χ4v) is 6.39. The Labute approximate surface area is 258 Å². The maximum Gasteiger partial charge on any atom is 0.332 e. The molecule has 1 aromatic heterocycles. The second-order valence-electron chi connectivity index (χ2n) is 12.0. The van der Waals surface area contributed by atoms with Crippen LogP contribution in [0.1, 0.15) is 84.7 Å². The number of amides is 4. The van der Waals surface area contributed by atoms with Crippen molar-refractivity contribution >= 4 is 34.4 Å². The Morgan fingerprint density at radius 1 is 0.977 bits per heavy atom. The third-order valence-electron chi connectivity index (χ3n) is 8.75. The summed E-state index contributed by atoms with van der Waals surface area (Å²) in [6.07, 6.45) is 3.17. The molecule has 0 bridgehead atoms. The lowest BCUT2D eigenvalue weighted by Gasteiger charge is -2.36. The Balaban J connectivity index is 1.32. The summed E-state index contributed by atoms with van der Waals surface area (Å²) in [5.74, 6) is -0.274. The number of anilines is 1. The van der Waals surface area contributed by atoms with Gasteiger partial charge >= 0.3 is 6.03 Å². The normalized spacial score (nSPS) is 17.8. The smallest absolute Gasteiger partial charge is 0.332 e. The number of nitrogens with one attached hydrogen (secondary N) is 2. The number of urea groups is 1. The van der Waals surface area contributed by atoms with E-state index < -0.39 is 18.1 Å². The molecule has 0 aliphatic carbocycles. The zero-order valence-corrected chi connectivity index (χ0v) is 25.6. The van der Waals surface area contributed by atoms with Crippen molar-refractivity contribution in [1.82, 2.24) is 15.2 Å². The van der Waals surface area contributed by atoms with Gasteiger partial charge in [0.1, 0.15) is 12.1 Å². The summed E-state index contributed by atoms with van der Waals surface area (Å²) in [6.45, 7) is 8.13. The van der Waals surface area contributed by atoms with Gasteiger partial charge in [-0.1, -0.05) is 81.8 Å². The zero-order valence-electron chi connectivity index (χ0n) is 25.6. The van der Waals surface area contributed by atoms with Gasteiger partial charge in [0.15, 0.2) is 0 Å². The largest absolute Gasteiger partial charge is 0.381 e. The number of unbranched alkanes of at least 4 members (excludes halogenated alkanes) is 1. The third kappa shape index (κ3) is 5.39. The molecule has 8 nitrogen and oxygen atoms in total. The number of ether oxygens (including phenoxy) is 1. The number of para-hydroxylation sites is 2. The number of benzene rings is 3. The summed E-state index contributed by atoms with van der Waals surface area (Å²) in [6, 6.07) is 21.6. The lowest BCUT2D eigenvalue weighted by atomic mass is 9.88. The van der Waals surface area contributed by atoms with Crippen LogP contribution < -0.4 is 10.2 Å². The number of carbonyl (C=O) groups is 3. The summed E-state index contributed by atoms with van der Waals surface area (Å²) in [4.78, 5) is 48.4. The summed E-state index contributed by atoms with van der Waals surface area (Å²) in [7, 11) is 0. The maximum atomic E-state index is 14.4. The van der Waals surface area contributed by atoms with Crippen LogP contribution in [0.3, 0.4) is 0 Å². The Bertz CT molecular complexity index is 1680. The standard InChI is InChI=1S/C36H40N4O4/c1-4-5-20-44-21-10-19-37-34(41)27-12-7-9-14-30(27)40-35(42)31-22-28-26-11-6-8-13-29(26)38-32(28)33(39(31)36(40)43)25-17-15-24(16-18-25)23(2)3/h6-9,11-18,23,31,33,38H,4-5,10,19-22H2,1-3H3,(H,37,41)/t31-,33+/m0/s1. The van der Waals surface area contributed by atoms with Crippen LogP contribution in [0.15, 0.2) is 72.8 Å². The summed E-state index contributed by atoms with van der Waals surface area (Å²) >= 11 is 0. The molecule has 2 aliphatic heterocycles. The third-order valence-corrected chi connectivity index (χ3v) is 8.75. The minimum absolute atomic E-state index is 0.294. The van der Waals surface area contributed by atoms with E-state index in [4.69, 9.17) is 4.74 Å². The fourth-order valence-electron chi connectivity index (χ4n) is 6.39. The topological polar surface area (TPSA) is 94.7 Å². The van der Waals surface area contributed by atoms with Crippen LogP contribution in [0.5, 0.6) is 0 Å². The van der Waals surface area contributed by atoms with Gasteiger partial charge in [0.2, 0.25) is 0 Å². The van der Waals surface area contributed by atoms with Gasteiger partial charge in [0.05, 0.1) is 11.3 Å². The van der Waals surface area contributed by atoms with Crippen molar-refractivity contribution in [1.29, 1.82) is 0 Å². The van der Waals surface area contributed by atoms with Gasteiger partial charge in [-0.05, 0) is 53.6 Å². The van der Waals surface area contributed by atoms with E-state index in [1.54, 1.807) is 29.2 Å². The van der Waals surface area contributed by atoms with E-state index in [-0.39, 0.29) is 11.8 Å². The van der Waals surface area contributed by atoms with Gasteiger partial charge in [0, 0.05) is 42.8 Å². The van der Waals surface area contributed by atoms with Gasteiger partial charge in [0.25, 0.3) is 11.8 Å². The van der Waals surface area contributed by atoms with Crippen LogP contribution in [0.4, 0.5) is 10.5 Å². The minimum atomic E-state index is -0.694. The van der Waals surface area contributed by atoms with Gasteiger partial charge in [-0.15, -0.1) is 0 Å². The highest BCUT2D eigenvalue weighted by molar-refractivity contribution is 6.24. The number of fused-ring (bicyclic) bond motifs is 4. The number of aromatic nitrogens is 1. The van der Waals surface area contributed by atoms with E-state index in [1.165, 1.54) is 10.5 Å². The molecule has 2 atom stereocenters. The monoisotopic (exact) mass is 592 g/mol. The average Bonchev–Trinajstić information content (AvgIpc) is 3.53. The summed E-state index contributed by atoms with van der Waals surface area (Å²) in [5, 5.41) is 4.00. The summed E-state index contributed by atoms with van der Waals surface area (Å²) in [5.41, 5.74) is 5.69. The molecule has 228 valence electrons. The summed E-state index contributed by atoms with van der Waals surface area (Å²) < 4.78 is 5.60. The maximum absolute atomic E-state index is 14.4. The van der Waals surface area contributed by atoms with Gasteiger partial charge in [-0.3, -0.25) is 14.5 Å². The van der Waals surface area contributed by atoms with Crippen LogP contribution in [-0.2, 0) is 16.0 Å². The van der Waals surface area contributed by atoms with Crippen molar-refractivity contribution in [3.05, 3.63) is 101 Å². The lowest BCUT2D eigenvalue weighted by molar-refractivity contribution is -0.120. The molecular weight excluding hydrogens is 552 g/mol. The first-order valence-corrected chi connectivity index (χ1v) is 15.7. The predicted octanol–water partition coefficient (Wildman–Crippen LogP) is 6.71. The van der Waals surface area contributed by atoms with E-state index >= 15 is 0 Å². The Hall–Kier alpha value is -4.43. The molecule has 4 aromatic rings. The quantitative estimate of drug-likeness (QED) is 0.150. The zero-order chi connectivity index (χ0) is 30.8. The minimum Gasteiger partial charge on any atom is -0.381 e. The van der Waals surface area contributed by atoms with Crippen LogP contribution >= 0.6 is 0 Å². The molecule has 6 rings (SSSR count). The molecule has 1 fully saturated rings. The van der Waals surface area contributed by atoms with Crippen molar-refractivity contribution in [2.24, 2.45) is 0 Å². The average molecular weight is 593 g/mol. The number of nitrogens with zero attached hydrogens (tertiary/aromatic N) is 2. The first-order valence-electron chi connectivity index (χ1n) is 15.7. The second kappa shape index (κ2) is 12.7. The van der Waals surface area contributed by atoms with Gasteiger partial charge < -0.3 is 15.0 Å². The molecular formula is C36H40N4O4. The number of hydrogen-bond acceptors (Lipinski definition) is 4. The van der Waals surface area contributed by atoms with E-state index in [0.29, 0.717) is 49.8 Å². The first kappa shape index (κ1) is 29.6. The van der Waals surface area contributed by atoms with Crippen molar-refractivity contribution in [3.8, 4) is 0 Å². The van der Waals surface area contributed by atoms with Crippen LogP contribution in [0, 0.1) is 0 Å². The Kier molecular flexibility index (Phi) is 8.53. The molecule has 8 heteroatoms. The molecule has 44 heavy (non-hydrogen) atoms. The van der Waals surface area contributed by atoms with Gasteiger partial charge in [-0.25, -0.2) is 9.69 Å². The van der Waals surface area contributed by atoms with Gasteiger partial charge in [-0.2, -0.15) is 0 Å². The predicted molar refractivity (Wildman–Crippen MR) is 172 cm³/mol. The molecule has 2 N–H and O–H groups in total. The number of hydrogen-bond donors (Lipinski definition) is 2. The SMILES string of the molecule is CCCCOCCCNC(=O)c1ccccc1N1C(=O)[C@@H]2Cc3c([nH]c4ccccc34)[C@@H](c3ccc(C(C)C)cc3)N2C1=O. The van der Waals surface area contributed by atoms with E-state index in [0.717, 1.165) is 40.6 Å². The highest BCUT2D eigenvalue weighted by atomic mass is 16.5. The molecule has 0 saturated carbocycles. The van der Waals surface area contributed by atoms with E-state index in [1.807, 2.05) is 18.2 Å². The van der Waals surface area contributed by atoms with E-state index in [9.17, 15) is 14.4 Å². The molecule has 3 heterocycles. The molecule has 0 unspecified atom stereocenters. The first-order chi connectivity index (χ1) is 21.4. The number of aromatic amines is 1. The van der Waals surface area contributed by atoms with Crippen molar-refractivity contribution in [3.63, 3.8) is 0 Å². The molecule has 0 radical (unpaired) electrons. The van der Waals surface area contributed by atoms with Crippen LogP contribution in [0.25, 0.3) is 10.9 Å². The molecule has 2 aliphatic rings. The number of imide groups is 1. The highest BCUT2D eigenvalue weighted by Gasteiger charge is 2.53. The highest BCUT2D eigenvalue weighted by Crippen LogP contribution is 2.45. The lowest BCUT2D eigenvalue weighted by Crippen LogP contribution is -2.44. The molecule has 4 amide bonds. The van der Waals surface area contributed by atoms with E-state index in [2.05, 4.69) is 61.4 Å². The fraction of sp³-hybridized carbons (Fsp3) is 0.361. The van der Waals surface area contributed by atoms with Crippen molar-refractivity contribution in [2.75, 3.05) is 24.7 Å². The van der Waals surface area contributed by atoms with Crippen molar-refractivity contribution < 1.29 is 19.1 Å². The van der Waals surface area contributed by atoms with Crippen LogP contribution in [0.2, 0.25) is 0 Å².